The Bertz CT molecular complexity index is 1280. The molecule has 3 aromatic rings. The summed E-state index contributed by atoms with van der Waals surface area (Å²) >= 11 is 0. The summed E-state index contributed by atoms with van der Waals surface area (Å²) in [7, 11) is 3.25. The van der Waals surface area contributed by atoms with Crippen LogP contribution in [0.5, 0.6) is 11.5 Å². The SMILES string of the molecule is C/C=C(/C)C(=NC)Nc1ccc(N)c(C=N)c1O.CCCc1ccc(C(=O)c2ccccn2)c(OC)c1. The first-order chi connectivity index (χ1) is 17.8. The Kier molecular flexibility index (Phi) is 11.0. The van der Waals surface area contributed by atoms with Gasteiger partial charge in [0.05, 0.1) is 23.9 Å². The number of phenolic OH excluding ortho intramolecular Hbond substituents is 1. The molecule has 0 fully saturated rings. The highest BCUT2D eigenvalue weighted by atomic mass is 16.5. The van der Waals surface area contributed by atoms with Crippen LogP contribution in [0.15, 0.2) is 71.4 Å². The molecular formula is C29H35N5O3. The molecule has 0 spiro atoms. The first kappa shape index (κ1) is 28.8. The molecule has 0 saturated carbocycles. The second-order valence-corrected chi connectivity index (χ2v) is 8.11. The lowest BCUT2D eigenvalue weighted by molar-refractivity contribution is 0.103. The predicted molar refractivity (Wildman–Crippen MR) is 151 cm³/mol. The Balaban J connectivity index is 0.000000261. The Morgan fingerprint density at radius 2 is 2.00 bits per heavy atom. The Morgan fingerprint density at radius 1 is 1.24 bits per heavy atom. The van der Waals surface area contributed by atoms with Gasteiger partial charge in [0, 0.05) is 25.1 Å². The number of rotatable bonds is 8. The number of anilines is 2. The lowest BCUT2D eigenvalue weighted by Gasteiger charge is -2.13. The molecule has 37 heavy (non-hydrogen) atoms. The van der Waals surface area contributed by atoms with E-state index in [9.17, 15) is 9.90 Å². The number of methoxy groups -OCH3 is 1. The maximum atomic E-state index is 12.4. The van der Waals surface area contributed by atoms with Crippen LogP contribution in [-0.4, -0.2) is 42.1 Å². The molecule has 0 aliphatic heterocycles. The van der Waals surface area contributed by atoms with E-state index in [0.29, 0.717) is 39.8 Å². The van der Waals surface area contributed by atoms with E-state index in [1.54, 1.807) is 50.7 Å². The second kappa shape index (κ2) is 14.2. The molecule has 0 radical (unpaired) electrons. The van der Waals surface area contributed by atoms with Crippen LogP contribution in [0.25, 0.3) is 0 Å². The quantitative estimate of drug-likeness (QED) is 0.104. The van der Waals surface area contributed by atoms with Crippen molar-refractivity contribution in [3.8, 4) is 11.5 Å². The standard InChI is InChI=1S/C16H17NO2.C13H18N4O/c1-3-6-12-8-9-13(15(11-12)19-2)16(18)14-7-4-5-10-17-14;1-4-8(2)13(16-3)17-11-6-5-10(15)9(7-14)12(11)18/h4-5,7-11H,3,6H2,1-2H3;4-7,14,18H,15H2,1-3H3,(H,16,17)/b;8-4-,14-7?. The largest absolute Gasteiger partial charge is 0.505 e. The van der Waals surface area contributed by atoms with Gasteiger partial charge in [0.2, 0.25) is 5.78 Å². The average Bonchev–Trinajstić information content (AvgIpc) is 2.93. The fraction of sp³-hybridized carbons (Fsp3) is 0.241. The number of carbonyl (C=O) groups is 1. The fourth-order valence-corrected chi connectivity index (χ4v) is 3.47. The van der Waals surface area contributed by atoms with Gasteiger partial charge >= 0.3 is 0 Å². The fourth-order valence-electron chi connectivity index (χ4n) is 3.47. The third kappa shape index (κ3) is 7.51. The van der Waals surface area contributed by atoms with Crippen LogP contribution in [0, 0.1) is 5.41 Å². The number of allylic oxidation sites excluding steroid dienone is 1. The Hall–Kier alpha value is -4.46. The molecule has 2 aromatic carbocycles. The molecule has 0 bridgehead atoms. The van der Waals surface area contributed by atoms with Crippen LogP contribution < -0.4 is 15.8 Å². The number of nitrogens with one attached hydrogen (secondary N) is 2. The number of carbonyl (C=O) groups excluding carboxylic acids is 1. The summed E-state index contributed by atoms with van der Waals surface area (Å²) in [5.74, 6) is 1.12. The van der Waals surface area contributed by atoms with Crippen LogP contribution in [-0.2, 0) is 6.42 Å². The van der Waals surface area contributed by atoms with Crippen LogP contribution in [0.2, 0.25) is 0 Å². The molecule has 194 valence electrons. The predicted octanol–water partition coefficient (Wildman–Crippen LogP) is 5.65. The summed E-state index contributed by atoms with van der Waals surface area (Å²) in [5.41, 5.74) is 9.94. The molecule has 8 nitrogen and oxygen atoms in total. The van der Waals surface area contributed by atoms with Crippen molar-refractivity contribution in [1.82, 2.24) is 4.98 Å². The molecule has 0 unspecified atom stereocenters. The molecule has 1 heterocycles. The van der Waals surface area contributed by atoms with E-state index in [1.165, 1.54) is 5.56 Å². The maximum Gasteiger partial charge on any atom is 0.215 e. The first-order valence-electron chi connectivity index (χ1n) is 11.9. The van der Waals surface area contributed by atoms with Gasteiger partial charge in [-0.15, -0.1) is 0 Å². The van der Waals surface area contributed by atoms with Crippen molar-refractivity contribution in [2.24, 2.45) is 4.99 Å². The van der Waals surface area contributed by atoms with Gasteiger partial charge < -0.3 is 26.3 Å². The number of hydrogen-bond donors (Lipinski definition) is 4. The van der Waals surface area contributed by atoms with Crippen LogP contribution in [0.3, 0.4) is 0 Å². The number of benzene rings is 2. The highest BCUT2D eigenvalue weighted by Crippen LogP contribution is 2.31. The minimum absolute atomic E-state index is 0.0462. The summed E-state index contributed by atoms with van der Waals surface area (Å²) in [6, 6.07) is 14.3. The van der Waals surface area contributed by atoms with Gasteiger partial charge in [-0.2, -0.15) is 0 Å². The average molecular weight is 502 g/mol. The molecule has 8 heteroatoms. The van der Waals surface area contributed by atoms with Crippen molar-refractivity contribution in [3.05, 3.63) is 88.8 Å². The van der Waals surface area contributed by atoms with Gasteiger partial charge in [0.15, 0.2) is 0 Å². The number of hydrogen-bond acceptors (Lipinski definition) is 7. The van der Waals surface area contributed by atoms with Crippen molar-refractivity contribution >= 4 is 29.2 Å². The van der Waals surface area contributed by atoms with E-state index in [4.69, 9.17) is 15.9 Å². The minimum atomic E-state index is -0.111. The Morgan fingerprint density at radius 3 is 2.57 bits per heavy atom. The molecule has 5 N–H and O–H groups in total. The van der Waals surface area contributed by atoms with E-state index in [1.807, 2.05) is 38.1 Å². The number of nitrogens with zero attached hydrogens (tertiary/aromatic N) is 2. The molecule has 3 rings (SSSR count). The Labute approximate surface area is 218 Å². The number of aryl methyl sites for hydroxylation is 1. The molecule has 0 amide bonds. The molecule has 0 aliphatic rings. The number of aromatic hydroxyl groups is 1. The summed E-state index contributed by atoms with van der Waals surface area (Å²) in [6.07, 6.45) is 6.61. The van der Waals surface area contributed by atoms with E-state index in [-0.39, 0.29) is 11.5 Å². The number of nitrogens with two attached hydrogens (primary N) is 1. The van der Waals surface area contributed by atoms with Crippen molar-refractivity contribution in [1.29, 1.82) is 5.41 Å². The van der Waals surface area contributed by atoms with Gasteiger partial charge in [-0.1, -0.05) is 31.6 Å². The van der Waals surface area contributed by atoms with Crippen molar-refractivity contribution in [3.63, 3.8) is 0 Å². The molecule has 0 saturated heterocycles. The number of ether oxygens (including phenoxy) is 1. The highest BCUT2D eigenvalue weighted by molar-refractivity contribution is 6.10. The molecular weight excluding hydrogens is 466 g/mol. The lowest BCUT2D eigenvalue weighted by Crippen LogP contribution is -2.14. The molecule has 0 aliphatic carbocycles. The third-order valence-electron chi connectivity index (χ3n) is 5.63. The highest BCUT2D eigenvalue weighted by Gasteiger charge is 2.15. The normalized spacial score (nSPS) is 11.3. The zero-order valence-electron chi connectivity index (χ0n) is 22.0. The molecule has 1 aromatic heterocycles. The topological polar surface area (TPSA) is 134 Å². The number of aliphatic imine (C=N–C) groups is 1. The van der Waals surface area contributed by atoms with E-state index >= 15 is 0 Å². The summed E-state index contributed by atoms with van der Waals surface area (Å²) in [5, 5.41) is 20.3. The van der Waals surface area contributed by atoms with E-state index < -0.39 is 0 Å². The van der Waals surface area contributed by atoms with Gasteiger partial charge in [0.25, 0.3) is 0 Å². The van der Waals surface area contributed by atoms with Gasteiger partial charge in [-0.3, -0.25) is 14.8 Å². The van der Waals surface area contributed by atoms with Gasteiger partial charge in [-0.05, 0) is 67.8 Å². The van der Waals surface area contributed by atoms with Gasteiger partial charge in [-0.25, -0.2) is 0 Å². The first-order valence-corrected chi connectivity index (χ1v) is 11.9. The number of pyridine rings is 1. The summed E-state index contributed by atoms with van der Waals surface area (Å²) < 4.78 is 5.33. The van der Waals surface area contributed by atoms with Crippen molar-refractivity contribution in [2.75, 3.05) is 25.2 Å². The van der Waals surface area contributed by atoms with Crippen LogP contribution >= 0.6 is 0 Å². The number of amidine groups is 1. The summed E-state index contributed by atoms with van der Waals surface area (Å²) in [6.45, 7) is 5.95. The number of phenols is 1. The van der Waals surface area contributed by atoms with E-state index in [0.717, 1.165) is 24.6 Å². The van der Waals surface area contributed by atoms with Crippen molar-refractivity contribution in [2.45, 2.75) is 33.6 Å². The maximum absolute atomic E-state index is 12.4. The number of ketones is 1. The van der Waals surface area contributed by atoms with Crippen LogP contribution in [0.1, 0.15) is 54.4 Å². The smallest absolute Gasteiger partial charge is 0.215 e. The van der Waals surface area contributed by atoms with E-state index in [2.05, 4.69) is 22.2 Å². The molecule has 0 atom stereocenters. The third-order valence-corrected chi connectivity index (χ3v) is 5.63. The monoisotopic (exact) mass is 501 g/mol. The van der Waals surface area contributed by atoms with Crippen LogP contribution in [0.4, 0.5) is 11.4 Å². The minimum Gasteiger partial charge on any atom is -0.505 e. The second-order valence-electron chi connectivity index (χ2n) is 8.11. The van der Waals surface area contributed by atoms with Gasteiger partial charge in [0.1, 0.15) is 23.0 Å². The van der Waals surface area contributed by atoms with Crippen molar-refractivity contribution < 1.29 is 14.6 Å². The zero-order chi connectivity index (χ0) is 27.4. The number of aromatic nitrogens is 1. The summed E-state index contributed by atoms with van der Waals surface area (Å²) in [4.78, 5) is 20.5. The zero-order valence-corrected chi connectivity index (χ0v) is 22.0. The lowest BCUT2D eigenvalue weighted by atomic mass is 10.0. The number of nitrogen functional groups attached to an aromatic ring is 1.